The second kappa shape index (κ2) is 11.9. The number of rotatable bonds is 6. The van der Waals surface area contributed by atoms with Gasteiger partial charge in [0.1, 0.15) is 16.9 Å². The lowest BCUT2D eigenvalue weighted by Gasteiger charge is -2.32. The van der Waals surface area contributed by atoms with Crippen molar-refractivity contribution in [2.75, 3.05) is 23.3 Å². The molecule has 0 unspecified atom stereocenters. The summed E-state index contributed by atoms with van der Waals surface area (Å²) in [5.41, 5.74) is -0.0634. The molecular weight excluding hydrogens is 619 g/mol. The number of ether oxygens (including phenoxy) is 2. The van der Waals surface area contributed by atoms with Crippen molar-refractivity contribution in [3.63, 3.8) is 0 Å². The zero-order valence-corrected chi connectivity index (χ0v) is 27.0. The van der Waals surface area contributed by atoms with Crippen LogP contribution in [0.4, 0.5) is 34.3 Å². The first-order valence-electron chi connectivity index (χ1n) is 14.8. The van der Waals surface area contributed by atoms with Crippen molar-refractivity contribution in [1.82, 2.24) is 24.9 Å². The summed E-state index contributed by atoms with van der Waals surface area (Å²) in [5, 5.41) is 14.7. The SMILES string of the molecule is C[C@H]1CN(c2ccc(C(F)(F)F)cc2)C(=O)c2c(-c3ccc4c(NC(=O)OC(C)(C)CNC(=O)OC(C)(C)C)nn(C)c4c3)cnn21. The van der Waals surface area contributed by atoms with Crippen LogP contribution >= 0.6 is 0 Å². The Bertz CT molecular complexity index is 1840. The number of alkyl carbamates (subject to hydrolysis) is 1. The van der Waals surface area contributed by atoms with E-state index in [1.807, 2.05) is 6.92 Å². The maximum absolute atomic E-state index is 13.7. The molecule has 2 N–H and O–H groups in total. The fraction of sp³-hybridized carbons (Fsp3) is 0.406. The number of alkyl halides is 3. The Hall–Kier alpha value is -5.08. The number of amides is 3. The zero-order chi connectivity index (χ0) is 34.5. The Balaban J connectivity index is 1.34. The summed E-state index contributed by atoms with van der Waals surface area (Å²) in [6, 6.07) is 9.57. The van der Waals surface area contributed by atoms with Crippen LogP contribution in [0, 0.1) is 0 Å². The van der Waals surface area contributed by atoms with Crippen molar-refractivity contribution in [3.8, 4) is 11.1 Å². The first-order valence-corrected chi connectivity index (χ1v) is 14.8. The predicted molar refractivity (Wildman–Crippen MR) is 168 cm³/mol. The van der Waals surface area contributed by atoms with E-state index in [4.69, 9.17) is 9.47 Å². The Morgan fingerprint density at radius 3 is 2.32 bits per heavy atom. The summed E-state index contributed by atoms with van der Waals surface area (Å²) >= 11 is 0. The third-order valence-corrected chi connectivity index (χ3v) is 7.42. The molecule has 0 bridgehead atoms. The standard InChI is InChI=1S/C32H36F3N7O5/c1-18-16-41(21-11-9-20(10-12-21)32(33,34)35)27(43)25-23(15-37-42(18)25)19-8-13-22-24(14-19)40(7)39-26(22)38-29(45)47-31(5,6)17-36-28(44)46-30(2,3)4/h8-15,18H,16-17H2,1-7H3,(H,36,44)(H,38,39,45)/t18-/m0/s1. The van der Waals surface area contributed by atoms with Crippen molar-refractivity contribution in [3.05, 3.63) is 59.9 Å². The fourth-order valence-electron chi connectivity index (χ4n) is 5.25. The number of benzene rings is 2. The number of hydrogen-bond donors (Lipinski definition) is 2. The molecule has 0 aliphatic carbocycles. The predicted octanol–water partition coefficient (Wildman–Crippen LogP) is 6.53. The van der Waals surface area contributed by atoms with E-state index >= 15 is 0 Å². The van der Waals surface area contributed by atoms with E-state index in [1.54, 1.807) is 75.4 Å². The van der Waals surface area contributed by atoms with Gasteiger partial charge in [-0.25, -0.2) is 9.59 Å². The average Bonchev–Trinajstić information content (AvgIpc) is 3.54. The summed E-state index contributed by atoms with van der Waals surface area (Å²) in [4.78, 5) is 40.0. The van der Waals surface area contributed by atoms with Gasteiger partial charge in [0.15, 0.2) is 5.82 Å². The molecule has 0 saturated heterocycles. The second-order valence-corrected chi connectivity index (χ2v) is 13.0. The molecule has 12 nitrogen and oxygen atoms in total. The Morgan fingerprint density at radius 2 is 1.68 bits per heavy atom. The van der Waals surface area contributed by atoms with E-state index in [0.29, 0.717) is 33.4 Å². The highest BCUT2D eigenvalue weighted by Gasteiger charge is 2.35. The van der Waals surface area contributed by atoms with Gasteiger partial charge in [-0.3, -0.25) is 19.5 Å². The molecule has 2 aromatic heterocycles. The third-order valence-electron chi connectivity index (χ3n) is 7.42. The van der Waals surface area contributed by atoms with Crippen LogP contribution in [-0.4, -0.2) is 61.9 Å². The van der Waals surface area contributed by atoms with Crippen LogP contribution in [0.2, 0.25) is 0 Å². The van der Waals surface area contributed by atoms with E-state index in [9.17, 15) is 27.6 Å². The van der Waals surface area contributed by atoms with Crippen LogP contribution in [0.15, 0.2) is 48.7 Å². The summed E-state index contributed by atoms with van der Waals surface area (Å²) < 4.78 is 53.3. The number of hydrogen-bond acceptors (Lipinski definition) is 7. The number of fused-ring (bicyclic) bond motifs is 2. The van der Waals surface area contributed by atoms with Gasteiger partial charge in [-0.1, -0.05) is 6.07 Å². The van der Waals surface area contributed by atoms with E-state index in [-0.39, 0.29) is 24.9 Å². The first kappa shape index (κ1) is 33.3. The minimum absolute atomic E-state index is 0.00527. The summed E-state index contributed by atoms with van der Waals surface area (Å²) in [6.07, 6.45) is -4.31. The van der Waals surface area contributed by atoms with Gasteiger partial charge in [-0.15, -0.1) is 0 Å². The number of nitrogens with zero attached hydrogens (tertiary/aromatic N) is 5. The minimum Gasteiger partial charge on any atom is -0.444 e. The van der Waals surface area contributed by atoms with Crippen molar-refractivity contribution in [2.45, 2.75) is 65.0 Å². The van der Waals surface area contributed by atoms with Gasteiger partial charge in [0.05, 0.1) is 29.9 Å². The highest BCUT2D eigenvalue weighted by molar-refractivity contribution is 6.10. The molecule has 250 valence electrons. The summed E-state index contributed by atoms with van der Waals surface area (Å²) in [7, 11) is 1.70. The molecule has 15 heteroatoms. The van der Waals surface area contributed by atoms with Crippen molar-refractivity contribution in [1.29, 1.82) is 0 Å². The lowest BCUT2D eigenvalue weighted by atomic mass is 10.0. The molecule has 0 saturated carbocycles. The van der Waals surface area contributed by atoms with Gasteiger partial charge in [0, 0.05) is 30.2 Å². The van der Waals surface area contributed by atoms with Gasteiger partial charge >= 0.3 is 18.4 Å². The van der Waals surface area contributed by atoms with Crippen LogP contribution in [0.25, 0.3) is 22.0 Å². The number of nitrogens with one attached hydrogen (secondary N) is 2. The van der Waals surface area contributed by atoms with Crippen LogP contribution in [0.5, 0.6) is 0 Å². The molecule has 2 aromatic carbocycles. The Labute approximate surface area is 268 Å². The van der Waals surface area contributed by atoms with E-state index in [0.717, 1.165) is 12.1 Å². The third kappa shape index (κ3) is 7.18. The number of aromatic nitrogens is 4. The molecule has 5 rings (SSSR count). The van der Waals surface area contributed by atoms with E-state index < -0.39 is 41.0 Å². The topological polar surface area (TPSA) is 133 Å². The van der Waals surface area contributed by atoms with Crippen molar-refractivity contribution < 1.29 is 37.0 Å². The summed E-state index contributed by atoms with van der Waals surface area (Å²) in [6.45, 7) is 10.6. The molecule has 47 heavy (non-hydrogen) atoms. The van der Waals surface area contributed by atoms with Crippen molar-refractivity contribution in [2.24, 2.45) is 7.05 Å². The quantitative estimate of drug-likeness (QED) is 0.241. The molecular formula is C32H36F3N7O5. The lowest BCUT2D eigenvalue weighted by Crippen LogP contribution is -2.44. The number of halogens is 3. The lowest BCUT2D eigenvalue weighted by molar-refractivity contribution is -0.137. The smallest absolute Gasteiger partial charge is 0.416 e. The van der Waals surface area contributed by atoms with Gasteiger partial charge in [0.25, 0.3) is 5.91 Å². The number of aryl methyl sites for hydroxylation is 1. The monoisotopic (exact) mass is 655 g/mol. The summed E-state index contributed by atoms with van der Waals surface area (Å²) in [5.74, 6) is -0.153. The molecule has 0 radical (unpaired) electrons. The molecule has 1 atom stereocenters. The Morgan fingerprint density at radius 1 is 1.00 bits per heavy atom. The number of carbonyl (C=O) groups excluding carboxylic acids is 3. The number of carbonyl (C=O) groups is 3. The maximum atomic E-state index is 13.7. The van der Waals surface area contributed by atoms with E-state index in [1.165, 1.54) is 17.0 Å². The Kier molecular flexibility index (Phi) is 8.45. The van der Waals surface area contributed by atoms with Gasteiger partial charge in [-0.05, 0) is 83.5 Å². The average molecular weight is 656 g/mol. The van der Waals surface area contributed by atoms with Gasteiger partial charge in [-0.2, -0.15) is 23.4 Å². The molecule has 4 aromatic rings. The normalized spacial score (nSPS) is 15.4. The highest BCUT2D eigenvalue weighted by Crippen LogP contribution is 2.36. The highest BCUT2D eigenvalue weighted by atomic mass is 19.4. The largest absolute Gasteiger partial charge is 0.444 e. The van der Waals surface area contributed by atoms with Gasteiger partial charge < -0.3 is 19.7 Å². The molecule has 1 aliphatic heterocycles. The maximum Gasteiger partial charge on any atom is 0.416 e. The molecule has 0 fully saturated rings. The first-order chi connectivity index (χ1) is 21.8. The van der Waals surface area contributed by atoms with Crippen LogP contribution in [-0.2, 0) is 22.7 Å². The molecule has 1 aliphatic rings. The molecule has 3 heterocycles. The van der Waals surface area contributed by atoms with Crippen LogP contribution < -0.4 is 15.5 Å². The number of anilines is 2. The van der Waals surface area contributed by atoms with Crippen molar-refractivity contribution >= 4 is 40.5 Å². The van der Waals surface area contributed by atoms with Gasteiger partial charge in [0.2, 0.25) is 0 Å². The fourth-order valence-corrected chi connectivity index (χ4v) is 5.25. The van der Waals surface area contributed by atoms with Crippen LogP contribution in [0.1, 0.15) is 63.6 Å². The molecule has 0 spiro atoms. The second-order valence-electron chi connectivity index (χ2n) is 13.0. The molecule has 3 amide bonds. The van der Waals surface area contributed by atoms with Crippen LogP contribution in [0.3, 0.4) is 0 Å². The van der Waals surface area contributed by atoms with E-state index in [2.05, 4.69) is 20.8 Å². The zero-order valence-electron chi connectivity index (χ0n) is 27.0. The minimum atomic E-state index is -4.49.